The summed E-state index contributed by atoms with van der Waals surface area (Å²) in [5, 5.41) is 2.44. The van der Waals surface area contributed by atoms with Crippen LogP contribution in [0.1, 0.15) is 21.1 Å². The van der Waals surface area contributed by atoms with Crippen LogP contribution < -0.4 is 11.0 Å². The van der Waals surface area contributed by atoms with E-state index < -0.39 is 0 Å². The van der Waals surface area contributed by atoms with Crippen molar-refractivity contribution in [3.63, 3.8) is 0 Å². The summed E-state index contributed by atoms with van der Waals surface area (Å²) in [5.41, 5.74) is 3.46. The minimum atomic E-state index is -0.186. The standard InChI is InChI=1S/C16H24N6O2S/c1-10-12-14(23)17-11(9-20(2)3)18-16(12)25-13(10)15(24)19-22-7-5-21(4)6-8-22/h5-9H2,1-4H3,(H,19,24)(H,17,18,23). The van der Waals surface area contributed by atoms with Gasteiger partial charge in [-0.05, 0) is 33.6 Å². The van der Waals surface area contributed by atoms with Crippen molar-refractivity contribution in [2.75, 3.05) is 47.3 Å². The highest BCUT2D eigenvalue weighted by Gasteiger charge is 2.22. The zero-order valence-electron chi connectivity index (χ0n) is 15.0. The number of aromatic amines is 1. The molecule has 1 aliphatic rings. The Hall–Kier alpha value is -1.81. The third-order valence-corrected chi connectivity index (χ3v) is 5.47. The Balaban J connectivity index is 1.86. The lowest BCUT2D eigenvalue weighted by molar-refractivity contribution is 0.0666. The smallest absolute Gasteiger partial charge is 0.276 e. The van der Waals surface area contributed by atoms with E-state index >= 15 is 0 Å². The van der Waals surface area contributed by atoms with E-state index in [1.807, 2.05) is 24.0 Å². The molecule has 0 aromatic carbocycles. The van der Waals surface area contributed by atoms with Gasteiger partial charge >= 0.3 is 0 Å². The molecule has 1 fully saturated rings. The third kappa shape index (κ3) is 3.90. The van der Waals surface area contributed by atoms with E-state index in [-0.39, 0.29) is 11.5 Å². The molecule has 0 bridgehead atoms. The predicted molar refractivity (Wildman–Crippen MR) is 98.9 cm³/mol. The Morgan fingerprint density at radius 3 is 2.64 bits per heavy atom. The van der Waals surface area contributed by atoms with E-state index in [0.29, 0.717) is 33.0 Å². The molecule has 1 aliphatic heterocycles. The number of aromatic nitrogens is 2. The molecule has 0 unspecified atom stereocenters. The lowest BCUT2D eigenvalue weighted by Crippen LogP contribution is -2.52. The molecule has 3 heterocycles. The summed E-state index contributed by atoms with van der Waals surface area (Å²) in [6.45, 7) is 5.77. The molecule has 0 saturated carbocycles. The van der Waals surface area contributed by atoms with Crippen molar-refractivity contribution in [1.82, 2.24) is 30.2 Å². The maximum absolute atomic E-state index is 12.7. The van der Waals surface area contributed by atoms with Gasteiger partial charge in [-0.2, -0.15) is 0 Å². The second kappa shape index (κ2) is 7.20. The Morgan fingerprint density at radius 2 is 2.00 bits per heavy atom. The maximum Gasteiger partial charge on any atom is 0.276 e. The van der Waals surface area contributed by atoms with Crippen molar-refractivity contribution in [3.8, 4) is 0 Å². The number of hydrogen-bond donors (Lipinski definition) is 2. The molecule has 1 saturated heterocycles. The van der Waals surface area contributed by atoms with Gasteiger partial charge in [0.05, 0.1) is 16.8 Å². The second-order valence-corrected chi connectivity index (χ2v) is 7.72. The number of nitrogens with one attached hydrogen (secondary N) is 2. The van der Waals surface area contributed by atoms with E-state index in [9.17, 15) is 9.59 Å². The van der Waals surface area contributed by atoms with E-state index in [0.717, 1.165) is 26.2 Å². The zero-order valence-corrected chi connectivity index (χ0v) is 15.9. The van der Waals surface area contributed by atoms with Gasteiger partial charge in [-0.3, -0.25) is 15.0 Å². The van der Waals surface area contributed by atoms with Gasteiger partial charge in [0, 0.05) is 26.2 Å². The fourth-order valence-corrected chi connectivity index (χ4v) is 3.98. The van der Waals surface area contributed by atoms with Gasteiger partial charge in [-0.25, -0.2) is 9.99 Å². The van der Waals surface area contributed by atoms with Crippen LogP contribution in [0.25, 0.3) is 10.2 Å². The van der Waals surface area contributed by atoms with Crippen molar-refractivity contribution in [2.45, 2.75) is 13.5 Å². The molecule has 8 nitrogen and oxygen atoms in total. The Kier molecular flexibility index (Phi) is 5.19. The summed E-state index contributed by atoms with van der Waals surface area (Å²) in [6.07, 6.45) is 0. The number of thiophene rings is 1. The first kappa shape index (κ1) is 18.0. The van der Waals surface area contributed by atoms with Gasteiger partial charge in [0.15, 0.2) is 0 Å². The van der Waals surface area contributed by atoms with Gasteiger partial charge < -0.3 is 14.8 Å². The van der Waals surface area contributed by atoms with Gasteiger partial charge in [0.2, 0.25) is 0 Å². The largest absolute Gasteiger partial charge is 0.309 e. The molecule has 0 radical (unpaired) electrons. The highest BCUT2D eigenvalue weighted by molar-refractivity contribution is 7.20. The number of carbonyl (C=O) groups excluding carboxylic acids is 1. The molecular weight excluding hydrogens is 340 g/mol. The number of hydrogen-bond acceptors (Lipinski definition) is 7. The first-order valence-corrected chi connectivity index (χ1v) is 9.08. The highest BCUT2D eigenvalue weighted by Crippen LogP contribution is 2.27. The number of amides is 1. The average molecular weight is 364 g/mol. The number of fused-ring (bicyclic) bond motifs is 1. The van der Waals surface area contributed by atoms with E-state index in [1.54, 1.807) is 6.92 Å². The van der Waals surface area contributed by atoms with Crippen molar-refractivity contribution in [3.05, 3.63) is 26.6 Å². The van der Waals surface area contributed by atoms with Crippen LogP contribution in [0.5, 0.6) is 0 Å². The molecule has 2 aromatic heterocycles. The fourth-order valence-electron chi connectivity index (χ4n) is 2.89. The van der Waals surface area contributed by atoms with Gasteiger partial charge in [0.25, 0.3) is 11.5 Å². The lowest BCUT2D eigenvalue weighted by Gasteiger charge is -2.32. The van der Waals surface area contributed by atoms with E-state index in [2.05, 4.69) is 27.3 Å². The Bertz CT molecular complexity index is 835. The SMILES string of the molecule is Cc1c(C(=O)NN2CCN(C)CC2)sc2nc(CN(C)C)[nH]c(=O)c12. The Labute approximate surface area is 150 Å². The molecule has 136 valence electrons. The molecule has 25 heavy (non-hydrogen) atoms. The van der Waals surface area contributed by atoms with Crippen LogP contribution in [-0.2, 0) is 6.54 Å². The van der Waals surface area contributed by atoms with Crippen molar-refractivity contribution in [2.24, 2.45) is 0 Å². The van der Waals surface area contributed by atoms with E-state index in [1.165, 1.54) is 11.3 Å². The summed E-state index contributed by atoms with van der Waals surface area (Å²) in [6, 6.07) is 0. The molecule has 0 spiro atoms. The molecule has 3 rings (SSSR count). The Morgan fingerprint density at radius 1 is 1.32 bits per heavy atom. The summed E-state index contributed by atoms with van der Waals surface area (Å²) < 4.78 is 0. The van der Waals surface area contributed by atoms with Crippen molar-refractivity contribution in [1.29, 1.82) is 0 Å². The van der Waals surface area contributed by atoms with Gasteiger partial charge in [0.1, 0.15) is 10.7 Å². The number of H-pyrrole nitrogens is 1. The predicted octanol–water partition coefficient (Wildman–Crippen LogP) is 0.247. The quantitative estimate of drug-likeness (QED) is 0.809. The number of hydrazine groups is 1. The molecule has 9 heteroatoms. The van der Waals surface area contributed by atoms with Crippen LogP contribution in [0.15, 0.2) is 4.79 Å². The van der Waals surface area contributed by atoms with E-state index in [4.69, 9.17) is 0 Å². The number of nitrogens with zero attached hydrogens (tertiary/aromatic N) is 4. The van der Waals surface area contributed by atoms with Crippen LogP contribution >= 0.6 is 11.3 Å². The number of rotatable bonds is 4. The molecule has 2 N–H and O–H groups in total. The summed E-state index contributed by atoms with van der Waals surface area (Å²) in [5.74, 6) is 0.438. The summed E-state index contributed by atoms with van der Waals surface area (Å²) in [4.78, 5) is 37.7. The monoisotopic (exact) mass is 364 g/mol. The third-order valence-electron chi connectivity index (χ3n) is 4.28. The topological polar surface area (TPSA) is 84.6 Å². The first-order valence-electron chi connectivity index (χ1n) is 8.26. The molecular formula is C16H24N6O2S. The molecule has 0 atom stereocenters. The summed E-state index contributed by atoms with van der Waals surface area (Å²) >= 11 is 1.28. The van der Waals surface area contributed by atoms with Crippen LogP contribution in [0, 0.1) is 6.92 Å². The van der Waals surface area contributed by atoms with Crippen molar-refractivity contribution < 1.29 is 4.79 Å². The van der Waals surface area contributed by atoms with Crippen LogP contribution in [0.2, 0.25) is 0 Å². The number of likely N-dealkylation sites (N-methyl/N-ethyl adjacent to an activating group) is 1. The summed E-state index contributed by atoms with van der Waals surface area (Å²) in [7, 11) is 5.90. The minimum absolute atomic E-state index is 0.168. The van der Waals surface area contributed by atoms with Gasteiger partial charge in [-0.1, -0.05) is 0 Å². The number of carbonyl (C=O) groups is 1. The molecule has 1 amide bonds. The normalized spacial score (nSPS) is 16.7. The second-order valence-electron chi connectivity index (χ2n) is 6.72. The van der Waals surface area contributed by atoms with Crippen LogP contribution in [0.4, 0.5) is 0 Å². The number of piperazine rings is 1. The molecule has 0 aliphatic carbocycles. The van der Waals surface area contributed by atoms with Crippen molar-refractivity contribution >= 4 is 27.5 Å². The highest BCUT2D eigenvalue weighted by atomic mass is 32.1. The van der Waals surface area contributed by atoms with Gasteiger partial charge in [-0.15, -0.1) is 11.3 Å². The first-order chi connectivity index (χ1) is 11.8. The number of aryl methyl sites for hydroxylation is 1. The lowest BCUT2D eigenvalue weighted by atomic mass is 10.2. The maximum atomic E-state index is 12.7. The minimum Gasteiger partial charge on any atom is -0.309 e. The molecule has 2 aromatic rings. The fraction of sp³-hybridized carbons (Fsp3) is 0.562. The zero-order chi connectivity index (χ0) is 18.1. The average Bonchev–Trinajstić information content (AvgIpc) is 2.86. The van der Waals surface area contributed by atoms with Crippen LogP contribution in [-0.4, -0.2) is 78.0 Å². The van der Waals surface area contributed by atoms with Crippen LogP contribution in [0.3, 0.4) is 0 Å².